The summed E-state index contributed by atoms with van der Waals surface area (Å²) in [6.07, 6.45) is 0.218. The highest BCUT2D eigenvalue weighted by Crippen LogP contribution is 2.40. The molecule has 0 heterocycles. The third-order valence-electron chi connectivity index (χ3n) is 2.51. The second kappa shape index (κ2) is 7.98. The summed E-state index contributed by atoms with van der Waals surface area (Å²) in [5.41, 5.74) is 0.735. The largest absolute Gasteiger partial charge is 0.524 e. The third kappa shape index (κ3) is 6.30. The number of esters is 1. The summed E-state index contributed by atoms with van der Waals surface area (Å²) in [6, 6.07) is 4.53. The second-order valence-electron chi connectivity index (χ2n) is 4.45. The van der Waals surface area contributed by atoms with Gasteiger partial charge in [0.1, 0.15) is 11.5 Å². The maximum Gasteiger partial charge on any atom is 0.524 e. The minimum absolute atomic E-state index is 0.0168. The first-order valence-corrected chi connectivity index (χ1v) is 8.09. The van der Waals surface area contributed by atoms with E-state index in [1.165, 1.54) is 19.1 Å². The molecule has 0 radical (unpaired) electrons. The van der Waals surface area contributed by atoms with Gasteiger partial charge in [0.2, 0.25) is 0 Å². The molecule has 0 aliphatic heterocycles. The predicted molar refractivity (Wildman–Crippen MR) is 79.8 cm³/mol. The van der Waals surface area contributed by atoms with Crippen molar-refractivity contribution in [1.82, 2.24) is 0 Å². The lowest BCUT2D eigenvalue weighted by molar-refractivity contribution is -0.138. The summed E-state index contributed by atoms with van der Waals surface area (Å²) in [5, 5.41) is 0. The summed E-state index contributed by atoms with van der Waals surface area (Å²) in [7, 11) is -4.67. The molecule has 7 nitrogen and oxygen atoms in total. The average molecular weight is 330 g/mol. The van der Waals surface area contributed by atoms with E-state index in [1.54, 1.807) is 6.07 Å². The number of phosphoric acid groups is 1. The van der Waals surface area contributed by atoms with Crippen LogP contribution in [0.2, 0.25) is 0 Å². The number of ether oxygens (including phenoxy) is 2. The molecule has 122 valence electrons. The molecule has 0 unspecified atom stereocenters. The van der Waals surface area contributed by atoms with Gasteiger partial charge in [-0.3, -0.25) is 9.79 Å². The number of hydrogen-bond acceptors (Lipinski definition) is 5. The maximum atomic E-state index is 11.3. The van der Waals surface area contributed by atoms with E-state index in [9.17, 15) is 9.36 Å². The molecule has 0 bridgehead atoms. The van der Waals surface area contributed by atoms with E-state index in [0.717, 1.165) is 0 Å². The smallest absolute Gasteiger partial charge is 0.494 e. The van der Waals surface area contributed by atoms with E-state index in [2.05, 4.69) is 11.1 Å². The number of phosphoric ester groups is 1. The van der Waals surface area contributed by atoms with Crippen LogP contribution in [0, 0.1) is 0 Å². The van der Waals surface area contributed by atoms with Crippen molar-refractivity contribution in [3.8, 4) is 11.5 Å². The Kier molecular flexibility index (Phi) is 6.61. The van der Waals surface area contributed by atoms with E-state index >= 15 is 0 Å². The van der Waals surface area contributed by atoms with Gasteiger partial charge in [0.15, 0.2) is 0 Å². The molecular formula is C14H19O7P. The van der Waals surface area contributed by atoms with Gasteiger partial charge >= 0.3 is 13.8 Å². The molecule has 0 atom stereocenters. The molecule has 1 aromatic rings. The SMILES string of the molecule is C=C(C)C(=O)OCCc1cc(OCC)ccc1OP(=O)(O)O. The molecule has 0 aliphatic rings. The van der Waals surface area contributed by atoms with Crippen LogP contribution >= 0.6 is 7.82 Å². The number of carbonyl (C=O) groups is 1. The second-order valence-corrected chi connectivity index (χ2v) is 5.61. The molecule has 0 saturated carbocycles. The van der Waals surface area contributed by atoms with Crippen LogP contribution in [0.25, 0.3) is 0 Å². The standard InChI is InChI=1S/C14H19O7P/c1-4-19-12-5-6-13(21-22(16,17)18)11(9-12)7-8-20-14(15)10(2)3/h5-6,9H,2,4,7-8H2,1,3H3,(H2,16,17,18). The van der Waals surface area contributed by atoms with Crippen molar-refractivity contribution < 1.29 is 33.1 Å². The Labute approximate surface area is 128 Å². The summed E-state index contributed by atoms with van der Waals surface area (Å²) < 4.78 is 25.9. The first-order valence-electron chi connectivity index (χ1n) is 6.56. The molecule has 0 aliphatic carbocycles. The average Bonchev–Trinajstić information content (AvgIpc) is 2.40. The molecule has 0 amide bonds. The van der Waals surface area contributed by atoms with Crippen molar-refractivity contribution in [1.29, 1.82) is 0 Å². The first kappa shape index (κ1) is 18.2. The van der Waals surface area contributed by atoms with Crippen LogP contribution in [0.4, 0.5) is 0 Å². The van der Waals surface area contributed by atoms with Gasteiger partial charge in [0, 0.05) is 17.6 Å². The van der Waals surface area contributed by atoms with Crippen LogP contribution in [0.5, 0.6) is 11.5 Å². The van der Waals surface area contributed by atoms with Gasteiger partial charge in [-0.25, -0.2) is 9.36 Å². The predicted octanol–water partition coefficient (Wildman–Crippen LogP) is 2.22. The van der Waals surface area contributed by atoms with E-state index < -0.39 is 13.8 Å². The van der Waals surface area contributed by atoms with Gasteiger partial charge in [-0.1, -0.05) is 6.58 Å². The molecule has 2 N–H and O–H groups in total. The summed E-state index contributed by atoms with van der Waals surface area (Å²) in [4.78, 5) is 29.1. The minimum Gasteiger partial charge on any atom is -0.494 e. The minimum atomic E-state index is -4.67. The van der Waals surface area contributed by atoms with Crippen molar-refractivity contribution in [2.24, 2.45) is 0 Å². The topological polar surface area (TPSA) is 102 Å². The Morgan fingerprint density at radius 3 is 2.59 bits per heavy atom. The van der Waals surface area contributed by atoms with Crippen LogP contribution in [0.1, 0.15) is 19.4 Å². The third-order valence-corrected chi connectivity index (χ3v) is 2.95. The van der Waals surface area contributed by atoms with Gasteiger partial charge in [0.25, 0.3) is 0 Å². The summed E-state index contributed by atoms with van der Waals surface area (Å²) in [5.74, 6) is 0.0170. The van der Waals surface area contributed by atoms with E-state index in [-0.39, 0.29) is 24.4 Å². The lowest BCUT2D eigenvalue weighted by Crippen LogP contribution is -2.09. The van der Waals surface area contributed by atoms with E-state index in [1.807, 2.05) is 6.92 Å². The molecular weight excluding hydrogens is 311 g/mol. The zero-order valence-electron chi connectivity index (χ0n) is 12.4. The van der Waals surface area contributed by atoms with Gasteiger partial charge in [0.05, 0.1) is 13.2 Å². The Hall–Kier alpha value is -1.82. The van der Waals surface area contributed by atoms with Gasteiger partial charge in [-0.15, -0.1) is 0 Å². The Morgan fingerprint density at radius 1 is 1.36 bits per heavy atom. The molecule has 0 saturated heterocycles. The number of hydrogen-bond donors (Lipinski definition) is 2. The molecule has 8 heteroatoms. The van der Waals surface area contributed by atoms with Gasteiger partial charge in [-0.2, -0.15) is 0 Å². The molecule has 0 spiro atoms. The normalized spacial score (nSPS) is 10.9. The lowest BCUT2D eigenvalue weighted by atomic mass is 10.1. The highest BCUT2D eigenvalue weighted by molar-refractivity contribution is 7.46. The molecule has 22 heavy (non-hydrogen) atoms. The number of benzene rings is 1. The monoisotopic (exact) mass is 330 g/mol. The quantitative estimate of drug-likeness (QED) is 0.428. The van der Waals surface area contributed by atoms with Crippen LogP contribution in [0.15, 0.2) is 30.4 Å². The Bertz CT molecular complexity index is 591. The van der Waals surface area contributed by atoms with E-state index in [0.29, 0.717) is 17.9 Å². The molecule has 1 rings (SSSR count). The maximum absolute atomic E-state index is 11.3. The fourth-order valence-electron chi connectivity index (χ4n) is 1.60. The van der Waals surface area contributed by atoms with Crippen molar-refractivity contribution in [3.05, 3.63) is 35.9 Å². The fourth-order valence-corrected chi connectivity index (χ4v) is 2.04. The zero-order valence-corrected chi connectivity index (χ0v) is 13.3. The van der Waals surface area contributed by atoms with Crippen molar-refractivity contribution in [2.75, 3.05) is 13.2 Å². The first-order chi connectivity index (χ1) is 10.2. The van der Waals surface area contributed by atoms with Crippen LogP contribution in [-0.2, 0) is 20.5 Å². The Morgan fingerprint density at radius 2 is 2.05 bits per heavy atom. The molecule has 0 aromatic heterocycles. The Balaban J connectivity index is 2.86. The molecule has 1 aromatic carbocycles. The van der Waals surface area contributed by atoms with Gasteiger partial charge < -0.3 is 14.0 Å². The zero-order chi connectivity index (χ0) is 16.8. The van der Waals surface area contributed by atoms with Crippen molar-refractivity contribution in [3.63, 3.8) is 0 Å². The van der Waals surface area contributed by atoms with Crippen LogP contribution < -0.4 is 9.26 Å². The van der Waals surface area contributed by atoms with Crippen LogP contribution in [-0.4, -0.2) is 29.0 Å². The summed E-state index contributed by atoms with van der Waals surface area (Å²) >= 11 is 0. The number of rotatable bonds is 8. The number of carbonyl (C=O) groups excluding carboxylic acids is 1. The fraction of sp³-hybridized carbons (Fsp3) is 0.357. The van der Waals surface area contributed by atoms with Crippen molar-refractivity contribution in [2.45, 2.75) is 20.3 Å². The van der Waals surface area contributed by atoms with Crippen LogP contribution in [0.3, 0.4) is 0 Å². The highest BCUT2D eigenvalue weighted by Gasteiger charge is 2.19. The summed E-state index contributed by atoms with van der Waals surface area (Å²) in [6.45, 7) is 7.28. The van der Waals surface area contributed by atoms with Crippen molar-refractivity contribution >= 4 is 13.8 Å². The van der Waals surface area contributed by atoms with Gasteiger partial charge in [-0.05, 0) is 32.0 Å². The lowest BCUT2D eigenvalue weighted by Gasteiger charge is -2.14. The van der Waals surface area contributed by atoms with E-state index in [4.69, 9.17) is 19.3 Å². The molecule has 0 fully saturated rings. The highest BCUT2D eigenvalue weighted by atomic mass is 31.2.